The summed E-state index contributed by atoms with van der Waals surface area (Å²) in [6, 6.07) is 0. The molecule has 1 fully saturated rings. The Bertz CT molecular complexity index is 293. The molecule has 1 N–H and O–H groups in total. The van der Waals surface area contributed by atoms with Crippen molar-refractivity contribution in [2.75, 3.05) is 19.7 Å². The number of hydrogen-bond donors (Lipinski definition) is 1. The Morgan fingerprint density at radius 1 is 1.67 bits per heavy atom. The number of rotatable bonds is 5. The van der Waals surface area contributed by atoms with Crippen LogP contribution in [-0.2, 0) is 17.9 Å². The second-order valence-electron chi connectivity index (χ2n) is 3.93. The third-order valence-electron chi connectivity index (χ3n) is 2.65. The molecule has 0 aliphatic carbocycles. The van der Waals surface area contributed by atoms with Crippen LogP contribution in [0.1, 0.15) is 19.0 Å². The molecule has 0 aromatic carbocycles. The van der Waals surface area contributed by atoms with E-state index >= 15 is 0 Å². The van der Waals surface area contributed by atoms with Crippen molar-refractivity contribution in [2.24, 2.45) is 5.92 Å². The molecule has 1 saturated heterocycles. The van der Waals surface area contributed by atoms with Crippen LogP contribution in [0.4, 0.5) is 0 Å². The summed E-state index contributed by atoms with van der Waals surface area (Å²) in [5, 5.41) is 11.5. The van der Waals surface area contributed by atoms with Gasteiger partial charge in [-0.2, -0.15) is 0 Å². The Kier molecular flexibility index (Phi) is 3.69. The molecule has 0 saturated carbocycles. The average Bonchev–Trinajstić information content (AvgIpc) is 2.87. The second kappa shape index (κ2) is 5.23. The van der Waals surface area contributed by atoms with E-state index in [1.54, 1.807) is 0 Å². The van der Waals surface area contributed by atoms with Crippen molar-refractivity contribution in [2.45, 2.75) is 26.5 Å². The molecule has 0 radical (unpaired) electrons. The second-order valence-corrected chi connectivity index (χ2v) is 3.93. The van der Waals surface area contributed by atoms with Crippen LogP contribution in [0, 0.1) is 5.92 Å². The first-order valence-corrected chi connectivity index (χ1v) is 5.56. The molecule has 1 aliphatic rings. The van der Waals surface area contributed by atoms with Gasteiger partial charge in [0.2, 0.25) is 0 Å². The van der Waals surface area contributed by atoms with Crippen molar-refractivity contribution >= 4 is 0 Å². The molecule has 0 spiro atoms. The van der Waals surface area contributed by atoms with E-state index in [-0.39, 0.29) is 0 Å². The maximum Gasteiger partial charge on any atom is 0.108 e. The third kappa shape index (κ3) is 3.00. The fraction of sp³-hybridized carbons (Fsp3) is 0.800. The van der Waals surface area contributed by atoms with Gasteiger partial charge in [-0.1, -0.05) is 5.21 Å². The summed E-state index contributed by atoms with van der Waals surface area (Å²) in [6.45, 7) is 6.46. The van der Waals surface area contributed by atoms with E-state index in [1.807, 2.05) is 17.8 Å². The summed E-state index contributed by atoms with van der Waals surface area (Å²) >= 11 is 0. The number of nitrogens with zero attached hydrogens (tertiary/aromatic N) is 3. The van der Waals surface area contributed by atoms with Crippen LogP contribution < -0.4 is 5.32 Å². The minimum atomic E-state index is 0.569. The van der Waals surface area contributed by atoms with E-state index in [0.29, 0.717) is 12.5 Å². The molecule has 0 bridgehead atoms. The lowest BCUT2D eigenvalue weighted by Crippen LogP contribution is -2.14. The lowest BCUT2D eigenvalue weighted by atomic mass is 10.1. The lowest BCUT2D eigenvalue weighted by Gasteiger charge is -2.06. The van der Waals surface area contributed by atoms with Crippen molar-refractivity contribution in [1.82, 2.24) is 20.3 Å². The van der Waals surface area contributed by atoms with Crippen LogP contribution in [0.2, 0.25) is 0 Å². The molecule has 0 amide bonds. The van der Waals surface area contributed by atoms with Crippen LogP contribution in [0.25, 0.3) is 0 Å². The predicted molar refractivity (Wildman–Crippen MR) is 56.3 cm³/mol. The predicted octanol–water partition coefficient (Wildman–Crippen LogP) is 0.424. The van der Waals surface area contributed by atoms with Gasteiger partial charge in [0.05, 0.1) is 12.8 Å². The lowest BCUT2D eigenvalue weighted by molar-refractivity contribution is 0.131. The Labute approximate surface area is 89.8 Å². The van der Waals surface area contributed by atoms with Crippen molar-refractivity contribution in [3.63, 3.8) is 0 Å². The van der Waals surface area contributed by atoms with Crippen LogP contribution in [0.15, 0.2) is 6.20 Å². The fourth-order valence-corrected chi connectivity index (χ4v) is 1.84. The molecule has 15 heavy (non-hydrogen) atoms. The van der Waals surface area contributed by atoms with Gasteiger partial charge in [-0.15, -0.1) is 5.10 Å². The highest BCUT2D eigenvalue weighted by Gasteiger charge is 2.15. The van der Waals surface area contributed by atoms with Crippen molar-refractivity contribution < 1.29 is 4.74 Å². The topological polar surface area (TPSA) is 52.0 Å². The quantitative estimate of drug-likeness (QED) is 0.765. The first-order chi connectivity index (χ1) is 7.38. The van der Waals surface area contributed by atoms with E-state index in [0.717, 1.165) is 31.9 Å². The SMILES string of the molecule is CCOCc1cn(C[C@@H]2CCNC2)nn1. The zero-order chi connectivity index (χ0) is 10.5. The van der Waals surface area contributed by atoms with Crippen molar-refractivity contribution in [3.8, 4) is 0 Å². The van der Waals surface area contributed by atoms with Gasteiger partial charge in [0.15, 0.2) is 0 Å². The zero-order valence-corrected chi connectivity index (χ0v) is 9.15. The molecule has 1 atom stereocenters. The molecule has 2 heterocycles. The summed E-state index contributed by atoms with van der Waals surface area (Å²) in [5.74, 6) is 0.701. The van der Waals surface area contributed by atoms with Crippen LogP contribution in [0.5, 0.6) is 0 Å². The van der Waals surface area contributed by atoms with Crippen LogP contribution in [0.3, 0.4) is 0 Å². The summed E-state index contributed by atoms with van der Waals surface area (Å²) < 4.78 is 7.20. The van der Waals surface area contributed by atoms with Crippen molar-refractivity contribution in [3.05, 3.63) is 11.9 Å². The molecule has 0 unspecified atom stereocenters. The standard InChI is InChI=1S/C10H18N4O/c1-2-15-8-10-7-14(13-12-10)6-9-3-4-11-5-9/h7,9,11H,2-6,8H2,1H3/t9-/m1/s1. The van der Waals surface area contributed by atoms with Gasteiger partial charge in [-0.25, -0.2) is 0 Å². The monoisotopic (exact) mass is 210 g/mol. The minimum Gasteiger partial charge on any atom is -0.375 e. The highest BCUT2D eigenvalue weighted by Crippen LogP contribution is 2.09. The number of ether oxygens (including phenoxy) is 1. The summed E-state index contributed by atoms with van der Waals surface area (Å²) in [6.07, 6.45) is 3.22. The molecule has 1 aliphatic heterocycles. The Hall–Kier alpha value is -0.940. The molecule has 5 nitrogen and oxygen atoms in total. The Balaban J connectivity index is 1.83. The summed E-state index contributed by atoms with van der Waals surface area (Å²) in [5.41, 5.74) is 0.919. The van der Waals surface area contributed by atoms with Crippen LogP contribution >= 0.6 is 0 Å². The molecule has 1 aromatic rings. The highest BCUT2D eigenvalue weighted by molar-refractivity contribution is 4.90. The molecule has 2 rings (SSSR count). The summed E-state index contributed by atoms with van der Waals surface area (Å²) in [7, 11) is 0. The van der Waals surface area contributed by atoms with Gasteiger partial charge in [-0.05, 0) is 32.4 Å². The van der Waals surface area contributed by atoms with E-state index in [1.165, 1.54) is 6.42 Å². The van der Waals surface area contributed by atoms with Gasteiger partial charge >= 0.3 is 0 Å². The normalized spacial score (nSPS) is 21.0. The van der Waals surface area contributed by atoms with Crippen LogP contribution in [-0.4, -0.2) is 34.7 Å². The maximum absolute atomic E-state index is 5.27. The van der Waals surface area contributed by atoms with Gasteiger partial charge in [0.25, 0.3) is 0 Å². The Morgan fingerprint density at radius 2 is 2.60 bits per heavy atom. The zero-order valence-electron chi connectivity index (χ0n) is 9.15. The van der Waals surface area contributed by atoms with Gasteiger partial charge in [0, 0.05) is 13.2 Å². The van der Waals surface area contributed by atoms with E-state index in [4.69, 9.17) is 4.74 Å². The molecule has 5 heteroatoms. The van der Waals surface area contributed by atoms with E-state index < -0.39 is 0 Å². The number of hydrogen-bond acceptors (Lipinski definition) is 4. The number of nitrogens with one attached hydrogen (secondary N) is 1. The van der Waals surface area contributed by atoms with Crippen molar-refractivity contribution in [1.29, 1.82) is 0 Å². The smallest absolute Gasteiger partial charge is 0.108 e. The van der Waals surface area contributed by atoms with Gasteiger partial charge < -0.3 is 10.1 Å². The Morgan fingerprint density at radius 3 is 3.33 bits per heavy atom. The largest absolute Gasteiger partial charge is 0.375 e. The average molecular weight is 210 g/mol. The van der Waals surface area contributed by atoms with Gasteiger partial charge in [0.1, 0.15) is 5.69 Å². The molecular formula is C10H18N4O. The first-order valence-electron chi connectivity index (χ1n) is 5.56. The highest BCUT2D eigenvalue weighted by atomic mass is 16.5. The molecule has 1 aromatic heterocycles. The van der Waals surface area contributed by atoms with E-state index in [9.17, 15) is 0 Å². The number of aromatic nitrogens is 3. The molecule has 84 valence electrons. The fourth-order valence-electron chi connectivity index (χ4n) is 1.84. The third-order valence-corrected chi connectivity index (χ3v) is 2.65. The van der Waals surface area contributed by atoms with Gasteiger partial charge in [-0.3, -0.25) is 4.68 Å². The maximum atomic E-state index is 5.27. The summed E-state index contributed by atoms with van der Waals surface area (Å²) in [4.78, 5) is 0. The minimum absolute atomic E-state index is 0.569. The molecular weight excluding hydrogens is 192 g/mol. The first kappa shape index (κ1) is 10.6. The van der Waals surface area contributed by atoms with E-state index in [2.05, 4.69) is 15.6 Å².